The molecule has 1 amide bonds. The van der Waals surface area contributed by atoms with Gasteiger partial charge in [-0.25, -0.2) is 13.1 Å². The van der Waals surface area contributed by atoms with Crippen LogP contribution in [0.3, 0.4) is 0 Å². The summed E-state index contributed by atoms with van der Waals surface area (Å²) in [6, 6.07) is 6.29. The molecule has 0 radical (unpaired) electrons. The van der Waals surface area contributed by atoms with E-state index < -0.39 is 15.9 Å². The summed E-state index contributed by atoms with van der Waals surface area (Å²) in [5.74, 6) is 0.328. The van der Waals surface area contributed by atoms with Gasteiger partial charge in [-0.15, -0.1) is 0 Å². The molecular formula is C23H36N4O4S. The fourth-order valence-electron chi connectivity index (χ4n) is 3.26. The van der Waals surface area contributed by atoms with Gasteiger partial charge in [0.25, 0.3) is 5.91 Å². The van der Waals surface area contributed by atoms with Gasteiger partial charge < -0.3 is 10.1 Å². The first-order valence-electron chi connectivity index (χ1n) is 10.8. The van der Waals surface area contributed by atoms with E-state index in [-0.39, 0.29) is 27.2 Å². The SMILES string of the molecule is CCN(CC)S(=O)(=O)c1cc(C(=O)Nc2cc(C(C)(C)C)nn2C(C)(C)C)ccc1OC. The minimum Gasteiger partial charge on any atom is -0.495 e. The van der Waals surface area contributed by atoms with E-state index in [1.807, 2.05) is 26.8 Å². The van der Waals surface area contributed by atoms with Crippen LogP contribution in [-0.4, -0.2) is 48.6 Å². The normalized spacial score (nSPS) is 12.8. The van der Waals surface area contributed by atoms with Gasteiger partial charge in [0.15, 0.2) is 0 Å². The van der Waals surface area contributed by atoms with Crippen molar-refractivity contribution in [2.24, 2.45) is 0 Å². The van der Waals surface area contributed by atoms with Crippen LogP contribution >= 0.6 is 0 Å². The zero-order valence-corrected chi connectivity index (χ0v) is 21.4. The second-order valence-corrected chi connectivity index (χ2v) is 11.6. The van der Waals surface area contributed by atoms with Crippen molar-refractivity contribution < 1.29 is 17.9 Å². The molecule has 0 bridgehead atoms. The second kappa shape index (κ2) is 9.23. The number of aromatic nitrogens is 2. The van der Waals surface area contributed by atoms with Gasteiger partial charge >= 0.3 is 0 Å². The number of rotatable bonds is 7. The van der Waals surface area contributed by atoms with Crippen LogP contribution < -0.4 is 10.1 Å². The summed E-state index contributed by atoms with van der Waals surface area (Å²) in [7, 11) is -2.40. The van der Waals surface area contributed by atoms with Crippen molar-refractivity contribution in [3.63, 3.8) is 0 Å². The van der Waals surface area contributed by atoms with E-state index in [1.54, 1.807) is 24.6 Å². The number of nitrogens with one attached hydrogen (secondary N) is 1. The zero-order chi connectivity index (χ0) is 24.5. The van der Waals surface area contributed by atoms with Crippen LogP contribution in [0.4, 0.5) is 5.82 Å². The summed E-state index contributed by atoms with van der Waals surface area (Å²) >= 11 is 0. The van der Waals surface area contributed by atoms with E-state index >= 15 is 0 Å². The van der Waals surface area contributed by atoms with Crippen molar-refractivity contribution in [2.45, 2.75) is 71.2 Å². The van der Waals surface area contributed by atoms with Crippen molar-refractivity contribution in [3.8, 4) is 5.75 Å². The van der Waals surface area contributed by atoms with E-state index in [4.69, 9.17) is 9.84 Å². The molecule has 0 aliphatic rings. The Balaban J connectivity index is 2.51. The molecule has 32 heavy (non-hydrogen) atoms. The number of carbonyl (C=O) groups excluding carboxylic acids is 1. The molecule has 9 heteroatoms. The summed E-state index contributed by atoms with van der Waals surface area (Å²) in [4.78, 5) is 13.1. The van der Waals surface area contributed by atoms with Crippen molar-refractivity contribution in [3.05, 3.63) is 35.5 Å². The molecule has 1 heterocycles. The molecule has 178 valence electrons. The molecule has 0 spiro atoms. The van der Waals surface area contributed by atoms with Gasteiger partial charge in [0.2, 0.25) is 10.0 Å². The maximum Gasteiger partial charge on any atom is 0.256 e. The number of methoxy groups -OCH3 is 1. The van der Waals surface area contributed by atoms with Crippen LogP contribution in [-0.2, 0) is 21.0 Å². The highest BCUT2D eigenvalue weighted by Crippen LogP contribution is 2.30. The van der Waals surface area contributed by atoms with Crippen molar-refractivity contribution >= 4 is 21.7 Å². The standard InChI is InChI=1S/C23H36N4O4S/c1-10-26(11-2)32(29,30)18-14-16(12-13-17(18)31-9)21(28)24-20-15-19(22(3,4)5)25-27(20)23(6,7)8/h12-15H,10-11H2,1-9H3,(H,24,28). The minimum atomic E-state index is -3.81. The highest BCUT2D eigenvalue weighted by Gasteiger charge is 2.28. The topological polar surface area (TPSA) is 93.5 Å². The van der Waals surface area contributed by atoms with E-state index in [0.29, 0.717) is 18.9 Å². The predicted molar refractivity (Wildman–Crippen MR) is 127 cm³/mol. The number of anilines is 1. The molecule has 2 aromatic rings. The Kier molecular flexibility index (Phi) is 7.46. The van der Waals surface area contributed by atoms with Crippen LogP contribution in [0.15, 0.2) is 29.2 Å². The number of benzene rings is 1. The van der Waals surface area contributed by atoms with E-state index in [1.165, 1.54) is 23.5 Å². The molecule has 0 aliphatic heterocycles. The molecule has 0 atom stereocenters. The molecule has 0 fully saturated rings. The lowest BCUT2D eigenvalue weighted by atomic mass is 9.92. The van der Waals surface area contributed by atoms with Gasteiger partial charge in [0.05, 0.1) is 18.3 Å². The van der Waals surface area contributed by atoms with Gasteiger partial charge in [0, 0.05) is 30.1 Å². The fourth-order valence-corrected chi connectivity index (χ4v) is 4.90. The summed E-state index contributed by atoms with van der Waals surface area (Å²) in [6.07, 6.45) is 0. The van der Waals surface area contributed by atoms with E-state index in [0.717, 1.165) is 5.69 Å². The van der Waals surface area contributed by atoms with Crippen LogP contribution in [0.2, 0.25) is 0 Å². The quantitative estimate of drug-likeness (QED) is 0.662. The van der Waals surface area contributed by atoms with Gasteiger partial charge in [-0.05, 0) is 39.0 Å². The number of hydrogen-bond acceptors (Lipinski definition) is 5. The molecule has 0 saturated carbocycles. The Bertz CT molecular complexity index is 1070. The van der Waals surface area contributed by atoms with Crippen LogP contribution in [0, 0.1) is 0 Å². The third-order valence-electron chi connectivity index (χ3n) is 5.10. The number of hydrogen-bond donors (Lipinski definition) is 1. The summed E-state index contributed by atoms with van der Waals surface area (Å²) in [6.45, 7) is 16.4. The Labute approximate surface area is 192 Å². The lowest BCUT2D eigenvalue weighted by molar-refractivity contribution is 0.102. The van der Waals surface area contributed by atoms with Crippen LogP contribution in [0.25, 0.3) is 0 Å². The van der Waals surface area contributed by atoms with Gasteiger partial charge in [-0.3, -0.25) is 4.79 Å². The maximum atomic E-state index is 13.1. The molecular weight excluding hydrogens is 428 g/mol. The van der Waals surface area contributed by atoms with Gasteiger partial charge in [0.1, 0.15) is 16.5 Å². The molecule has 1 aromatic heterocycles. The van der Waals surface area contributed by atoms with Gasteiger partial charge in [-0.1, -0.05) is 34.6 Å². The summed E-state index contributed by atoms with van der Waals surface area (Å²) in [5.41, 5.74) is 0.516. The molecule has 0 unspecified atom stereocenters. The lowest BCUT2D eigenvalue weighted by Crippen LogP contribution is -2.31. The summed E-state index contributed by atoms with van der Waals surface area (Å²) in [5, 5.41) is 7.62. The van der Waals surface area contributed by atoms with E-state index in [2.05, 4.69) is 26.1 Å². The third kappa shape index (κ3) is 5.32. The van der Waals surface area contributed by atoms with Crippen LogP contribution in [0.1, 0.15) is 71.4 Å². The minimum absolute atomic E-state index is 0.0314. The first-order chi connectivity index (χ1) is 14.7. The lowest BCUT2D eigenvalue weighted by Gasteiger charge is -2.23. The largest absolute Gasteiger partial charge is 0.495 e. The third-order valence-corrected chi connectivity index (χ3v) is 7.17. The average molecular weight is 465 g/mol. The predicted octanol–water partition coefficient (Wildman–Crippen LogP) is 4.23. The van der Waals surface area contributed by atoms with Crippen LogP contribution in [0.5, 0.6) is 5.75 Å². The number of carbonyl (C=O) groups is 1. The second-order valence-electron chi connectivity index (χ2n) is 9.66. The smallest absolute Gasteiger partial charge is 0.256 e. The Morgan fingerprint density at radius 1 is 1.09 bits per heavy atom. The maximum absolute atomic E-state index is 13.1. The van der Waals surface area contributed by atoms with E-state index in [9.17, 15) is 13.2 Å². The van der Waals surface area contributed by atoms with Crippen molar-refractivity contribution in [1.29, 1.82) is 0 Å². The molecule has 1 aromatic carbocycles. The first kappa shape index (κ1) is 25.9. The Hall–Kier alpha value is -2.39. The zero-order valence-electron chi connectivity index (χ0n) is 20.6. The Morgan fingerprint density at radius 2 is 1.69 bits per heavy atom. The molecule has 0 aliphatic carbocycles. The monoisotopic (exact) mass is 464 g/mol. The van der Waals surface area contributed by atoms with Crippen molar-refractivity contribution in [2.75, 3.05) is 25.5 Å². The fraction of sp³-hybridized carbons (Fsp3) is 0.565. The molecule has 2 rings (SSSR count). The number of amides is 1. The highest BCUT2D eigenvalue weighted by atomic mass is 32.2. The molecule has 0 saturated heterocycles. The first-order valence-corrected chi connectivity index (χ1v) is 12.2. The highest BCUT2D eigenvalue weighted by molar-refractivity contribution is 7.89. The molecule has 8 nitrogen and oxygen atoms in total. The van der Waals surface area contributed by atoms with Crippen molar-refractivity contribution in [1.82, 2.24) is 14.1 Å². The number of nitrogens with zero attached hydrogens (tertiary/aromatic N) is 3. The van der Waals surface area contributed by atoms with Gasteiger partial charge in [-0.2, -0.15) is 9.40 Å². The average Bonchev–Trinajstić information content (AvgIpc) is 3.13. The number of sulfonamides is 1. The molecule has 1 N–H and O–H groups in total. The summed E-state index contributed by atoms with van der Waals surface area (Å²) < 4.78 is 34.6. The Morgan fingerprint density at radius 3 is 2.16 bits per heavy atom. The number of ether oxygens (including phenoxy) is 1.